The molecule has 2 amide bonds. The number of carbonyl (C=O) groups is 3. The van der Waals surface area contributed by atoms with Crippen molar-refractivity contribution in [2.24, 2.45) is 16.9 Å². The molecule has 2 saturated heterocycles. The SMILES string of the molecule is O=C(c1ccccc1)[C@@H]1[C@H]2C(=O)N(c3cccc(Cl)c3)C(=O)[C@H]2[C@H]2C=CC=NN21. The monoisotopic (exact) mass is 405 g/mol. The van der Waals surface area contributed by atoms with Gasteiger partial charge in [-0.15, -0.1) is 0 Å². The number of hydrogen-bond donors (Lipinski definition) is 0. The number of hydrogen-bond acceptors (Lipinski definition) is 5. The summed E-state index contributed by atoms with van der Waals surface area (Å²) in [7, 11) is 0. The van der Waals surface area contributed by atoms with Crippen molar-refractivity contribution in [1.29, 1.82) is 0 Å². The van der Waals surface area contributed by atoms with E-state index in [2.05, 4.69) is 5.10 Å². The molecule has 0 saturated carbocycles. The van der Waals surface area contributed by atoms with Crippen molar-refractivity contribution in [3.63, 3.8) is 0 Å². The smallest absolute Gasteiger partial charge is 0.240 e. The fourth-order valence-corrected chi connectivity index (χ4v) is 4.66. The third kappa shape index (κ3) is 2.63. The first-order valence-electron chi connectivity index (χ1n) is 9.29. The van der Waals surface area contributed by atoms with E-state index in [0.29, 0.717) is 16.3 Å². The summed E-state index contributed by atoms with van der Waals surface area (Å²) in [5.41, 5.74) is 0.908. The van der Waals surface area contributed by atoms with E-state index in [1.807, 2.05) is 12.1 Å². The summed E-state index contributed by atoms with van der Waals surface area (Å²) in [5.74, 6) is -2.42. The van der Waals surface area contributed by atoms with E-state index >= 15 is 0 Å². The first kappa shape index (κ1) is 17.8. The topological polar surface area (TPSA) is 70.0 Å². The number of amides is 2. The second-order valence-electron chi connectivity index (χ2n) is 7.24. The third-order valence-corrected chi connectivity index (χ3v) is 5.92. The molecule has 7 heteroatoms. The minimum absolute atomic E-state index is 0.218. The van der Waals surface area contributed by atoms with E-state index in [1.165, 1.54) is 0 Å². The fourth-order valence-electron chi connectivity index (χ4n) is 4.48. The number of imide groups is 1. The maximum absolute atomic E-state index is 13.4. The molecule has 6 nitrogen and oxygen atoms in total. The predicted molar refractivity (Wildman–Crippen MR) is 109 cm³/mol. The normalized spacial score (nSPS) is 27.3. The number of anilines is 1. The first-order valence-corrected chi connectivity index (χ1v) is 9.67. The van der Waals surface area contributed by atoms with Gasteiger partial charge < -0.3 is 0 Å². The van der Waals surface area contributed by atoms with Crippen molar-refractivity contribution in [3.05, 3.63) is 77.3 Å². The molecule has 3 heterocycles. The molecule has 0 radical (unpaired) electrons. The Hall–Kier alpha value is -3.25. The van der Waals surface area contributed by atoms with E-state index in [4.69, 9.17) is 11.6 Å². The Labute approximate surface area is 172 Å². The fraction of sp³-hybridized carbons (Fsp3) is 0.182. The van der Waals surface area contributed by atoms with Gasteiger partial charge in [0, 0.05) is 16.8 Å². The average Bonchev–Trinajstić information content (AvgIpc) is 3.21. The van der Waals surface area contributed by atoms with Crippen LogP contribution in [0.1, 0.15) is 10.4 Å². The molecule has 29 heavy (non-hydrogen) atoms. The Balaban J connectivity index is 1.59. The van der Waals surface area contributed by atoms with Gasteiger partial charge in [-0.1, -0.05) is 54.1 Å². The number of benzene rings is 2. The summed E-state index contributed by atoms with van der Waals surface area (Å²) in [6.45, 7) is 0. The number of nitrogens with zero attached hydrogens (tertiary/aromatic N) is 3. The molecule has 0 spiro atoms. The maximum Gasteiger partial charge on any atom is 0.240 e. The lowest BCUT2D eigenvalue weighted by Crippen LogP contribution is -2.46. The van der Waals surface area contributed by atoms with Gasteiger partial charge >= 0.3 is 0 Å². The highest BCUT2D eigenvalue weighted by Crippen LogP contribution is 2.46. The summed E-state index contributed by atoms with van der Waals surface area (Å²) in [6, 6.07) is 14.1. The quantitative estimate of drug-likeness (QED) is 0.581. The van der Waals surface area contributed by atoms with E-state index in [1.54, 1.807) is 65.8 Å². The van der Waals surface area contributed by atoms with Crippen LogP contribution in [0.5, 0.6) is 0 Å². The molecular formula is C22H16ClN3O3. The largest absolute Gasteiger partial charge is 0.292 e. The molecule has 3 aliphatic heterocycles. The van der Waals surface area contributed by atoms with Crippen LogP contribution >= 0.6 is 11.6 Å². The predicted octanol–water partition coefficient (Wildman–Crippen LogP) is 2.94. The number of ketones is 1. The van der Waals surface area contributed by atoms with Gasteiger partial charge in [-0.3, -0.25) is 19.4 Å². The van der Waals surface area contributed by atoms with Crippen molar-refractivity contribution < 1.29 is 14.4 Å². The Morgan fingerprint density at radius 1 is 0.966 bits per heavy atom. The Morgan fingerprint density at radius 3 is 2.48 bits per heavy atom. The first-order chi connectivity index (χ1) is 14.1. The van der Waals surface area contributed by atoms with E-state index in [9.17, 15) is 14.4 Å². The number of fused-ring (bicyclic) bond motifs is 3. The van der Waals surface area contributed by atoms with Gasteiger partial charge in [-0.2, -0.15) is 5.10 Å². The Bertz CT molecular complexity index is 1080. The van der Waals surface area contributed by atoms with Crippen LogP contribution in [-0.4, -0.2) is 40.9 Å². The third-order valence-electron chi connectivity index (χ3n) is 5.68. The summed E-state index contributed by atoms with van der Waals surface area (Å²) >= 11 is 6.07. The number of carbonyl (C=O) groups excluding carboxylic acids is 3. The van der Waals surface area contributed by atoms with Crippen molar-refractivity contribution in [2.45, 2.75) is 12.1 Å². The minimum atomic E-state index is -0.839. The van der Waals surface area contributed by atoms with Crippen molar-refractivity contribution in [1.82, 2.24) is 5.01 Å². The highest BCUT2D eigenvalue weighted by Gasteiger charge is 2.64. The molecule has 2 aromatic carbocycles. The van der Waals surface area contributed by atoms with Crippen molar-refractivity contribution in [3.8, 4) is 0 Å². The molecule has 144 valence electrons. The molecule has 2 aromatic rings. The average molecular weight is 406 g/mol. The van der Waals surface area contributed by atoms with Crippen LogP contribution in [-0.2, 0) is 9.59 Å². The highest BCUT2D eigenvalue weighted by atomic mass is 35.5. The molecule has 0 N–H and O–H groups in total. The lowest BCUT2D eigenvalue weighted by Gasteiger charge is -2.30. The zero-order chi connectivity index (χ0) is 20.1. The summed E-state index contributed by atoms with van der Waals surface area (Å²) < 4.78 is 0. The minimum Gasteiger partial charge on any atom is -0.292 e. The second kappa shape index (κ2) is 6.67. The summed E-state index contributed by atoms with van der Waals surface area (Å²) in [4.78, 5) is 41.2. The van der Waals surface area contributed by atoms with Crippen molar-refractivity contribution >= 4 is 41.1 Å². The van der Waals surface area contributed by atoms with Crippen LogP contribution in [0, 0.1) is 11.8 Å². The van der Waals surface area contributed by atoms with Gasteiger partial charge in [0.05, 0.1) is 23.6 Å². The lowest BCUT2D eigenvalue weighted by atomic mass is 9.86. The molecule has 0 aromatic heterocycles. The number of halogens is 1. The van der Waals surface area contributed by atoms with Gasteiger partial charge in [0.2, 0.25) is 11.8 Å². The molecular weight excluding hydrogens is 390 g/mol. The van der Waals surface area contributed by atoms with E-state index < -0.39 is 29.8 Å². The number of hydrazone groups is 1. The molecule has 0 unspecified atom stereocenters. The number of Topliss-reactive ketones (excluding diaryl/α,β-unsaturated/α-hetero) is 1. The maximum atomic E-state index is 13.4. The van der Waals surface area contributed by atoms with Gasteiger partial charge in [0.15, 0.2) is 5.78 Å². The van der Waals surface area contributed by atoms with Crippen molar-refractivity contribution in [2.75, 3.05) is 4.90 Å². The zero-order valence-electron chi connectivity index (χ0n) is 15.2. The summed E-state index contributed by atoms with van der Waals surface area (Å²) in [6.07, 6.45) is 5.15. The Morgan fingerprint density at radius 2 is 1.72 bits per heavy atom. The van der Waals surface area contributed by atoms with E-state index in [-0.39, 0.29) is 11.7 Å². The molecule has 2 fully saturated rings. The van der Waals surface area contributed by atoms with E-state index in [0.717, 1.165) is 4.90 Å². The second-order valence-corrected chi connectivity index (χ2v) is 7.67. The van der Waals surface area contributed by atoms with Gasteiger partial charge in [-0.05, 0) is 24.3 Å². The van der Waals surface area contributed by atoms with Crippen LogP contribution in [0.3, 0.4) is 0 Å². The molecule has 3 aliphatic rings. The van der Waals surface area contributed by atoms with Gasteiger partial charge in [0.1, 0.15) is 6.04 Å². The Kier molecular flexibility index (Phi) is 4.10. The van der Waals surface area contributed by atoms with Crippen LogP contribution in [0.25, 0.3) is 0 Å². The van der Waals surface area contributed by atoms with Crippen LogP contribution in [0.15, 0.2) is 71.9 Å². The van der Waals surface area contributed by atoms with Crippen LogP contribution in [0.2, 0.25) is 5.02 Å². The lowest BCUT2D eigenvalue weighted by molar-refractivity contribution is -0.123. The van der Waals surface area contributed by atoms with Gasteiger partial charge in [0.25, 0.3) is 0 Å². The highest BCUT2D eigenvalue weighted by molar-refractivity contribution is 6.31. The zero-order valence-corrected chi connectivity index (χ0v) is 15.9. The van der Waals surface area contributed by atoms with Crippen LogP contribution in [0.4, 0.5) is 5.69 Å². The molecule has 4 atom stereocenters. The summed E-state index contributed by atoms with van der Waals surface area (Å²) in [5, 5.41) is 6.38. The molecule has 5 rings (SSSR count). The number of rotatable bonds is 3. The standard InChI is InChI=1S/C22H16ClN3O3/c23-14-8-4-9-15(12-14)25-21(28)17-16-10-5-11-24-26(16)19(18(17)22(25)29)20(27)13-6-2-1-3-7-13/h1-12,16-19H/t16-,17+,18+,19+/m1/s1. The number of allylic oxidation sites excluding steroid dienone is 1. The molecule has 0 bridgehead atoms. The van der Waals surface area contributed by atoms with Crippen LogP contribution < -0.4 is 4.90 Å². The molecule has 0 aliphatic carbocycles. The van der Waals surface area contributed by atoms with Gasteiger partial charge in [-0.25, -0.2) is 4.90 Å².